The normalized spacial score (nSPS) is 15.7. The van der Waals surface area contributed by atoms with Crippen molar-refractivity contribution < 1.29 is 9.18 Å². The van der Waals surface area contributed by atoms with E-state index >= 15 is 0 Å². The highest BCUT2D eigenvalue weighted by atomic mass is 35.5. The Labute approximate surface area is 175 Å². The summed E-state index contributed by atoms with van der Waals surface area (Å²) in [7, 11) is 1.79. The Morgan fingerprint density at radius 1 is 1.28 bits per heavy atom. The lowest BCUT2D eigenvalue weighted by Crippen LogP contribution is -2.33. The van der Waals surface area contributed by atoms with Crippen molar-refractivity contribution in [3.63, 3.8) is 0 Å². The van der Waals surface area contributed by atoms with Gasteiger partial charge in [0.2, 0.25) is 5.91 Å². The number of fused-ring (bicyclic) bond motifs is 1. The summed E-state index contributed by atoms with van der Waals surface area (Å²) in [6, 6.07) is 12.1. The van der Waals surface area contributed by atoms with Gasteiger partial charge >= 0.3 is 0 Å². The monoisotopic (exact) mass is 413 g/mol. The number of aromatic nitrogens is 2. The Morgan fingerprint density at radius 2 is 2.03 bits per heavy atom. The molecule has 1 amide bonds. The fraction of sp³-hybridized carbons (Fsp3) is 0.391. The van der Waals surface area contributed by atoms with Crippen molar-refractivity contribution in [2.24, 2.45) is 0 Å². The van der Waals surface area contributed by atoms with E-state index in [1.165, 1.54) is 25.0 Å². The molecule has 29 heavy (non-hydrogen) atoms. The number of likely N-dealkylation sites (N-methyl/N-ethyl adjacent to an activating group) is 1. The molecule has 0 spiro atoms. The van der Waals surface area contributed by atoms with Crippen LogP contribution in [-0.4, -0.2) is 27.4 Å². The molecule has 3 aromatic rings. The minimum absolute atomic E-state index is 0.0637. The summed E-state index contributed by atoms with van der Waals surface area (Å²) >= 11 is 6.27. The molecule has 1 aliphatic carbocycles. The number of hydrogen-bond donors (Lipinski definition) is 0. The first-order valence-electron chi connectivity index (χ1n) is 10.1. The summed E-state index contributed by atoms with van der Waals surface area (Å²) in [5, 5.41) is 0.686. The molecule has 1 atom stereocenters. The van der Waals surface area contributed by atoms with Gasteiger partial charge in [-0.25, -0.2) is 9.37 Å². The van der Waals surface area contributed by atoms with E-state index in [1.807, 2.05) is 25.1 Å². The summed E-state index contributed by atoms with van der Waals surface area (Å²) in [6.45, 7) is 2.00. The molecule has 2 aromatic carbocycles. The molecule has 4 rings (SSSR count). The maximum absolute atomic E-state index is 13.5. The van der Waals surface area contributed by atoms with Gasteiger partial charge in [0, 0.05) is 18.1 Å². The zero-order valence-corrected chi connectivity index (χ0v) is 17.5. The van der Waals surface area contributed by atoms with E-state index in [0.29, 0.717) is 16.6 Å². The van der Waals surface area contributed by atoms with Gasteiger partial charge in [0.1, 0.15) is 11.6 Å². The molecule has 0 bridgehead atoms. The van der Waals surface area contributed by atoms with Gasteiger partial charge < -0.3 is 9.47 Å². The van der Waals surface area contributed by atoms with Crippen molar-refractivity contribution in [3.8, 4) is 0 Å². The van der Waals surface area contributed by atoms with E-state index in [4.69, 9.17) is 16.6 Å². The first-order valence-corrected chi connectivity index (χ1v) is 10.5. The predicted molar refractivity (Wildman–Crippen MR) is 114 cm³/mol. The maximum Gasteiger partial charge on any atom is 0.227 e. The number of amides is 1. The molecule has 1 fully saturated rings. The Hall–Kier alpha value is -2.40. The third-order valence-corrected chi connectivity index (χ3v) is 6.20. The van der Waals surface area contributed by atoms with Crippen LogP contribution in [0.25, 0.3) is 11.0 Å². The molecule has 1 unspecified atom stereocenters. The van der Waals surface area contributed by atoms with Gasteiger partial charge in [-0.2, -0.15) is 0 Å². The van der Waals surface area contributed by atoms with Crippen LogP contribution >= 0.6 is 11.6 Å². The number of carbonyl (C=O) groups is 1. The van der Waals surface area contributed by atoms with Crippen LogP contribution in [0.5, 0.6) is 0 Å². The second-order valence-corrected chi connectivity index (χ2v) is 8.34. The highest BCUT2D eigenvalue weighted by molar-refractivity contribution is 6.31. The SMILES string of the molecule is CC(c1nc2ccc(Cl)cc2n1C1CCCC1)N(C)C(=O)Cc1cccc(F)c1. The zero-order valence-electron chi connectivity index (χ0n) is 16.7. The lowest BCUT2D eigenvalue weighted by Gasteiger charge is -2.27. The molecule has 152 valence electrons. The lowest BCUT2D eigenvalue weighted by atomic mass is 10.1. The smallest absolute Gasteiger partial charge is 0.227 e. The molecule has 1 aliphatic rings. The first kappa shape index (κ1) is 19.9. The maximum atomic E-state index is 13.5. The molecule has 6 heteroatoms. The Balaban J connectivity index is 1.65. The second kappa shape index (κ2) is 8.15. The van der Waals surface area contributed by atoms with E-state index in [2.05, 4.69) is 4.57 Å². The lowest BCUT2D eigenvalue weighted by molar-refractivity contribution is -0.131. The third kappa shape index (κ3) is 4.01. The van der Waals surface area contributed by atoms with Crippen molar-refractivity contribution in [3.05, 3.63) is 64.7 Å². The minimum atomic E-state index is -0.328. The molecular weight excluding hydrogens is 389 g/mol. The molecule has 0 saturated heterocycles. The number of imidazole rings is 1. The molecule has 0 N–H and O–H groups in total. The number of benzene rings is 2. The van der Waals surface area contributed by atoms with Crippen LogP contribution in [0, 0.1) is 5.82 Å². The third-order valence-electron chi connectivity index (χ3n) is 5.96. The van der Waals surface area contributed by atoms with E-state index in [0.717, 1.165) is 29.7 Å². The number of hydrogen-bond acceptors (Lipinski definition) is 2. The Morgan fingerprint density at radius 3 is 2.76 bits per heavy atom. The van der Waals surface area contributed by atoms with Crippen LogP contribution < -0.4 is 0 Å². The fourth-order valence-electron chi connectivity index (χ4n) is 4.26. The van der Waals surface area contributed by atoms with Crippen LogP contribution in [0.3, 0.4) is 0 Å². The first-order chi connectivity index (χ1) is 13.9. The van der Waals surface area contributed by atoms with Crippen molar-refractivity contribution in [1.29, 1.82) is 0 Å². The Kier molecular flexibility index (Phi) is 5.59. The van der Waals surface area contributed by atoms with Gasteiger partial charge in [0.25, 0.3) is 0 Å². The molecular formula is C23H25ClFN3O. The van der Waals surface area contributed by atoms with Crippen LogP contribution in [0.2, 0.25) is 5.02 Å². The van der Waals surface area contributed by atoms with Crippen molar-refractivity contribution in [2.75, 3.05) is 7.05 Å². The standard InChI is InChI=1S/C23H25ClFN3O/c1-15(27(2)22(29)13-16-6-5-7-18(25)12-16)23-26-20-11-10-17(24)14-21(20)28(23)19-8-3-4-9-19/h5-7,10-12,14-15,19H,3-4,8-9,13H2,1-2H3. The van der Waals surface area contributed by atoms with Crippen LogP contribution in [-0.2, 0) is 11.2 Å². The van der Waals surface area contributed by atoms with Gasteiger partial charge in [-0.05, 0) is 55.7 Å². The summed E-state index contributed by atoms with van der Waals surface area (Å²) in [5.41, 5.74) is 2.59. The fourth-order valence-corrected chi connectivity index (χ4v) is 4.43. The number of halogens is 2. The summed E-state index contributed by atoms with van der Waals surface area (Å²) in [6.07, 6.45) is 4.78. The zero-order chi connectivity index (χ0) is 20.5. The van der Waals surface area contributed by atoms with E-state index in [9.17, 15) is 9.18 Å². The second-order valence-electron chi connectivity index (χ2n) is 7.90. The number of rotatable bonds is 5. The van der Waals surface area contributed by atoms with Crippen LogP contribution in [0.15, 0.2) is 42.5 Å². The predicted octanol–water partition coefficient (Wildman–Crippen LogP) is 5.71. The van der Waals surface area contributed by atoms with E-state index < -0.39 is 0 Å². The minimum Gasteiger partial charge on any atom is -0.336 e. The average molecular weight is 414 g/mol. The van der Waals surface area contributed by atoms with Crippen molar-refractivity contribution >= 4 is 28.5 Å². The van der Waals surface area contributed by atoms with Gasteiger partial charge in [-0.1, -0.05) is 36.6 Å². The summed E-state index contributed by atoms with van der Waals surface area (Å²) in [5.74, 6) is 0.487. The molecule has 0 radical (unpaired) electrons. The van der Waals surface area contributed by atoms with E-state index in [-0.39, 0.29) is 24.2 Å². The highest BCUT2D eigenvalue weighted by Crippen LogP contribution is 2.37. The Bertz CT molecular complexity index is 1040. The quantitative estimate of drug-likeness (QED) is 0.537. The topological polar surface area (TPSA) is 38.1 Å². The van der Waals surface area contributed by atoms with Gasteiger partial charge in [-0.15, -0.1) is 0 Å². The van der Waals surface area contributed by atoms with Gasteiger partial charge in [0.15, 0.2) is 0 Å². The molecule has 4 nitrogen and oxygen atoms in total. The number of carbonyl (C=O) groups excluding carboxylic acids is 1. The summed E-state index contributed by atoms with van der Waals surface area (Å²) < 4.78 is 15.8. The van der Waals surface area contributed by atoms with E-state index in [1.54, 1.807) is 24.1 Å². The van der Waals surface area contributed by atoms with Crippen LogP contribution in [0.1, 0.15) is 56.1 Å². The molecule has 0 aliphatic heterocycles. The molecule has 1 aromatic heterocycles. The van der Waals surface area contributed by atoms with Gasteiger partial charge in [-0.3, -0.25) is 4.79 Å². The highest BCUT2D eigenvalue weighted by Gasteiger charge is 2.28. The van der Waals surface area contributed by atoms with Gasteiger partial charge in [0.05, 0.1) is 23.5 Å². The summed E-state index contributed by atoms with van der Waals surface area (Å²) in [4.78, 5) is 19.5. The number of nitrogens with zero attached hydrogens (tertiary/aromatic N) is 3. The van der Waals surface area contributed by atoms with Crippen molar-refractivity contribution in [1.82, 2.24) is 14.5 Å². The van der Waals surface area contributed by atoms with Crippen LogP contribution in [0.4, 0.5) is 4.39 Å². The molecule has 1 saturated carbocycles. The van der Waals surface area contributed by atoms with Crippen molar-refractivity contribution in [2.45, 2.75) is 51.1 Å². The largest absolute Gasteiger partial charge is 0.336 e. The average Bonchev–Trinajstić information content (AvgIpc) is 3.33. The molecule has 1 heterocycles.